The average molecular weight is 442 g/mol. The molecule has 0 fully saturated rings. The van der Waals surface area contributed by atoms with E-state index in [2.05, 4.69) is 5.10 Å². The Hall–Kier alpha value is -3.75. The molecule has 0 atom stereocenters. The van der Waals surface area contributed by atoms with Crippen LogP contribution in [0.2, 0.25) is 0 Å². The number of hydrogen-bond donors (Lipinski definition) is 0. The third kappa shape index (κ3) is 4.61. The molecule has 0 amide bonds. The van der Waals surface area contributed by atoms with E-state index in [1.807, 2.05) is 24.3 Å². The van der Waals surface area contributed by atoms with Crippen LogP contribution in [0.25, 0.3) is 22.2 Å². The first kappa shape index (κ1) is 21.5. The molecule has 9 heteroatoms. The Morgan fingerprint density at radius 2 is 1.84 bits per heavy atom. The van der Waals surface area contributed by atoms with Gasteiger partial charge in [0, 0.05) is 37.0 Å². The molecule has 0 unspecified atom stereocenters. The first-order valence-electron chi connectivity index (χ1n) is 9.83. The van der Waals surface area contributed by atoms with Gasteiger partial charge in [0.25, 0.3) is 0 Å². The number of ether oxygens (including phenoxy) is 1. The zero-order valence-corrected chi connectivity index (χ0v) is 17.1. The van der Waals surface area contributed by atoms with E-state index in [-0.39, 0.29) is 6.54 Å². The number of benzene rings is 2. The van der Waals surface area contributed by atoms with Crippen molar-refractivity contribution < 1.29 is 27.8 Å². The van der Waals surface area contributed by atoms with Crippen molar-refractivity contribution in [1.82, 2.24) is 14.3 Å². The minimum absolute atomic E-state index is 0.241. The summed E-state index contributed by atoms with van der Waals surface area (Å²) in [6.45, 7) is 0.105. The summed E-state index contributed by atoms with van der Waals surface area (Å²) in [6, 6.07) is 14.0. The standard InChI is InChI=1S/C23H20F3N3O3/c1-28-18(12-20(27-28)15-2-5-17(6-3-15)23(24,25)26)9-11-32-19-7-4-16-8-10-29(14-22(30)31)21(16)13-19/h2-8,10,12-13H,9,11,14H2,1H3,(H,30,31)/p-1. The Morgan fingerprint density at radius 3 is 2.53 bits per heavy atom. The third-order valence-electron chi connectivity index (χ3n) is 5.16. The molecule has 4 aromatic rings. The number of carbonyl (C=O) groups excluding carboxylic acids is 1. The molecule has 2 aromatic heterocycles. The summed E-state index contributed by atoms with van der Waals surface area (Å²) in [5.74, 6) is -0.574. The summed E-state index contributed by atoms with van der Waals surface area (Å²) in [4.78, 5) is 10.9. The normalized spacial score (nSPS) is 11.8. The molecule has 2 aromatic carbocycles. The largest absolute Gasteiger partial charge is 0.548 e. The first-order valence-corrected chi connectivity index (χ1v) is 9.83. The average Bonchev–Trinajstić information content (AvgIpc) is 3.30. The number of carboxylic acid groups (broad SMARTS) is 1. The number of aromatic nitrogens is 3. The molecule has 0 saturated heterocycles. The van der Waals surface area contributed by atoms with Gasteiger partial charge in [-0.25, -0.2) is 0 Å². The fraction of sp³-hybridized carbons (Fsp3) is 0.217. The van der Waals surface area contributed by atoms with Gasteiger partial charge in [0.05, 0.1) is 35.9 Å². The second-order valence-electron chi connectivity index (χ2n) is 7.35. The molecule has 2 heterocycles. The minimum atomic E-state index is -4.37. The van der Waals surface area contributed by atoms with Gasteiger partial charge in [-0.2, -0.15) is 18.3 Å². The maximum atomic E-state index is 12.8. The molecule has 0 radical (unpaired) electrons. The van der Waals surface area contributed by atoms with Crippen molar-refractivity contribution >= 4 is 16.9 Å². The lowest BCUT2D eigenvalue weighted by Gasteiger charge is -2.09. The first-order chi connectivity index (χ1) is 15.2. The Kier molecular flexibility index (Phi) is 5.65. The van der Waals surface area contributed by atoms with Crippen molar-refractivity contribution in [3.63, 3.8) is 0 Å². The number of aliphatic carboxylic acids is 1. The van der Waals surface area contributed by atoms with Crippen LogP contribution in [0.3, 0.4) is 0 Å². The van der Waals surface area contributed by atoms with Crippen molar-refractivity contribution in [3.8, 4) is 17.0 Å². The molecule has 6 nitrogen and oxygen atoms in total. The van der Waals surface area contributed by atoms with E-state index in [1.165, 1.54) is 12.1 Å². The van der Waals surface area contributed by atoms with Gasteiger partial charge < -0.3 is 19.2 Å². The van der Waals surface area contributed by atoms with Gasteiger partial charge in [-0.3, -0.25) is 4.68 Å². The number of halogens is 3. The van der Waals surface area contributed by atoms with Gasteiger partial charge in [0.1, 0.15) is 5.75 Å². The summed E-state index contributed by atoms with van der Waals surface area (Å²) in [7, 11) is 1.77. The number of carbonyl (C=O) groups is 1. The van der Waals surface area contributed by atoms with Gasteiger partial charge in [-0.15, -0.1) is 0 Å². The molecule has 0 aliphatic carbocycles. The maximum Gasteiger partial charge on any atom is 0.416 e. The van der Waals surface area contributed by atoms with Crippen LogP contribution < -0.4 is 9.84 Å². The van der Waals surface area contributed by atoms with Crippen LogP contribution in [0.5, 0.6) is 5.75 Å². The highest BCUT2D eigenvalue weighted by atomic mass is 19.4. The molecule has 166 valence electrons. The number of carboxylic acids is 1. The molecule has 0 bridgehead atoms. The van der Waals surface area contributed by atoms with Crippen LogP contribution in [-0.4, -0.2) is 26.9 Å². The summed E-state index contributed by atoms with van der Waals surface area (Å²) in [6.07, 6.45) is -2.16. The molecular formula is C23H19F3N3O3-. The predicted octanol–water partition coefficient (Wildman–Crippen LogP) is 3.43. The predicted molar refractivity (Wildman–Crippen MR) is 110 cm³/mol. The van der Waals surface area contributed by atoms with Gasteiger partial charge in [0.15, 0.2) is 0 Å². The summed E-state index contributed by atoms with van der Waals surface area (Å²) < 4.78 is 47.3. The maximum absolute atomic E-state index is 12.8. The second kappa shape index (κ2) is 8.41. The molecule has 4 rings (SSSR count). The third-order valence-corrected chi connectivity index (χ3v) is 5.16. The van der Waals surface area contributed by atoms with Gasteiger partial charge >= 0.3 is 6.18 Å². The van der Waals surface area contributed by atoms with Crippen LogP contribution in [0.1, 0.15) is 11.3 Å². The summed E-state index contributed by atoms with van der Waals surface area (Å²) in [5, 5.41) is 16.2. The summed E-state index contributed by atoms with van der Waals surface area (Å²) >= 11 is 0. The molecule has 0 saturated carbocycles. The number of alkyl halides is 3. The van der Waals surface area contributed by atoms with Crippen molar-refractivity contribution in [2.24, 2.45) is 7.05 Å². The number of fused-ring (bicyclic) bond motifs is 1. The monoisotopic (exact) mass is 442 g/mol. The van der Waals surface area contributed by atoms with E-state index in [4.69, 9.17) is 4.74 Å². The Morgan fingerprint density at radius 1 is 1.09 bits per heavy atom. The van der Waals surface area contributed by atoms with Crippen LogP contribution in [0.15, 0.2) is 60.8 Å². The fourth-order valence-electron chi connectivity index (χ4n) is 3.51. The molecule has 32 heavy (non-hydrogen) atoms. The van der Waals surface area contributed by atoms with E-state index in [9.17, 15) is 23.1 Å². The second-order valence-corrected chi connectivity index (χ2v) is 7.35. The molecule has 0 spiro atoms. The van der Waals surface area contributed by atoms with E-state index in [0.717, 1.165) is 28.7 Å². The lowest BCUT2D eigenvalue weighted by molar-refractivity contribution is -0.306. The minimum Gasteiger partial charge on any atom is -0.548 e. The van der Waals surface area contributed by atoms with E-state index >= 15 is 0 Å². The van der Waals surface area contributed by atoms with Gasteiger partial charge in [-0.1, -0.05) is 12.1 Å². The topological polar surface area (TPSA) is 72.1 Å². The summed E-state index contributed by atoms with van der Waals surface area (Å²) in [5.41, 5.74) is 2.07. The van der Waals surface area contributed by atoms with E-state index < -0.39 is 17.7 Å². The Bertz CT molecular complexity index is 1260. The fourth-order valence-corrected chi connectivity index (χ4v) is 3.51. The number of rotatable bonds is 7. The van der Waals surface area contributed by atoms with E-state index in [1.54, 1.807) is 28.6 Å². The SMILES string of the molecule is Cn1nc(-c2ccc(C(F)(F)F)cc2)cc1CCOc1ccc2ccn(CC(=O)[O-])c2c1. The van der Waals surface area contributed by atoms with E-state index in [0.29, 0.717) is 30.0 Å². The van der Waals surface area contributed by atoms with Crippen LogP contribution in [-0.2, 0) is 31.0 Å². The Labute approximate surface area is 181 Å². The van der Waals surface area contributed by atoms with Crippen molar-refractivity contribution in [2.75, 3.05) is 6.61 Å². The Balaban J connectivity index is 1.42. The van der Waals surface area contributed by atoms with Crippen molar-refractivity contribution in [2.45, 2.75) is 19.1 Å². The van der Waals surface area contributed by atoms with Crippen molar-refractivity contribution in [3.05, 3.63) is 72.1 Å². The van der Waals surface area contributed by atoms with Crippen molar-refractivity contribution in [1.29, 1.82) is 0 Å². The van der Waals surface area contributed by atoms with Crippen LogP contribution in [0, 0.1) is 0 Å². The van der Waals surface area contributed by atoms with Crippen LogP contribution >= 0.6 is 0 Å². The lowest BCUT2D eigenvalue weighted by atomic mass is 10.1. The van der Waals surface area contributed by atoms with Crippen LogP contribution in [0.4, 0.5) is 13.2 Å². The molecule has 0 aliphatic rings. The quantitative estimate of drug-likeness (QED) is 0.440. The lowest BCUT2D eigenvalue weighted by Crippen LogP contribution is -2.27. The zero-order chi connectivity index (χ0) is 22.9. The highest BCUT2D eigenvalue weighted by Gasteiger charge is 2.30. The van der Waals surface area contributed by atoms with Gasteiger partial charge in [0.2, 0.25) is 0 Å². The smallest absolute Gasteiger partial charge is 0.416 e. The molecule has 0 N–H and O–H groups in total. The zero-order valence-electron chi connectivity index (χ0n) is 17.1. The number of hydrogen-bond acceptors (Lipinski definition) is 4. The van der Waals surface area contributed by atoms with Gasteiger partial charge in [-0.05, 0) is 41.8 Å². The highest BCUT2D eigenvalue weighted by Crippen LogP contribution is 2.31. The highest BCUT2D eigenvalue weighted by molar-refractivity contribution is 5.82. The number of nitrogens with zero attached hydrogens (tertiary/aromatic N) is 3. The molecular weight excluding hydrogens is 423 g/mol. The molecule has 0 aliphatic heterocycles. The number of aryl methyl sites for hydroxylation is 1.